The minimum Gasteiger partial charge on any atom is -0.497 e. The van der Waals surface area contributed by atoms with Gasteiger partial charge in [0.15, 0.2) is 0 Å². The SMILES string of the molecule is CCNC(=O)c1cc(-c2ccc(OC)cc2)nn(CC2CCCC2)c1=O. The van der Waals surface area contributed by atoms with E-state index in [9.17, 15) is 9.59 Å². The third kappa shape index (κ3) is 3.95. The van der Waals surface area contributed by atoms with E-state index in [0.717, 1.165) is 24.2 Å². The number of amides is 1. The summed E-state index contributed by atoms with van der Waals surface area (Å²) in [7, 11) is 1.61. The topological polar surface area (TPSA) is 73.2 Å². The van der Waals surface area contributed by atoms with Crippen molar-refractivity contribution in [3.63, 3.8) is 0 Å². The number of rotatable bonds is 6. The molecule has 1 fully saturated rings. The molecule has 6 heteroatoms. The zero-order valence-corrected chi connectivity index (χ0v) is 15.3. The van der Waals surface area contributed by atoms with Crippen LogP contribution in [0.25, 0.3) is 11.3 Å². The van der Waals surface area contributed by atoms with Gasteiger partial charge in [-0.3, -0.25) is 9.59 Å². The van der Waals surface area contributed by atoms with Crippen molar-refractivity contribution in [1.29, 1.82) is 0 Å². The normalized spacial score (nSPS) is 14.4. The zero-order valence-electron chi connectivity index (χ0n) is 15.3. The number of aromatic nitrogens is 2. The monoisotopic (exact) mass is 355 g/mol. The van der Waals surface area contributed by atoms with Crippen LogP contribution in [0.3, 0.4) is 0 Å². The molecule has 2 aromatic rings. The molecule has 6 nitrogen and oxygen atoms in total. The van der Waals surface area contributed by atoms with Gasteiger partial charge in [-0.05, 0) is 56.0 Å². The highest BCUT2D eigenvalue weighted by Crippen LogP contribution is 2.26. The maximum absolute atomic E-state index is 12.8. The summed E-state index contributed by atoms with van der Waals surface area (Å²) in [6, 6.07) is 9.03. The Morgan fingerprint density at radius 2 is 1.96 bits per heavy atom. The van der Waals surface area contributed by atoms with Crippen LogP contribution in [0.2, 0.25) is 0 Å². The predicted octanol–water partition coefficient (Wildman–Crippen LogP) is 2.86. The average Bonchev–Trinajstić information content (AvgIpc) is 3.17. The lowest BCUT2D eigenvalue weighted by molar-refractivity contribution is 0.0953. The van der Waals surface area contributed by atoms with Crippen molar-refractivity contribution in [2.45, 2.75) is 39.2 Å². The molecule has 1 aromatic heterocycles. The second kappa shape index (κ2) is 8.17. The van der Waals surface area contributed by atoms with Crippen LogP contribution in [-0.4, -0.2) is 29.3 Å². The Morgan fingerprint density at radius 3 is 2.58 bits per heavy atom. The summed E-state index contributed by atoms with van der Waals surface area (Å²) in [6.45, 7) is 2.87. The van der Waals surface area contributed by atoms with Gasteiger partial charge >= 0.3 is 0 Å². The number of methoxy groups -OCH3 is 1. The number of benzene rings is 1. The third-order valence-corrected chi connectivity index (χ3v) is 4.85. The lowest BCUT2D eigenvalue weighted by Crippen LogP contribution is -2.35. The van der Waals surface area contributed by atoms with Gasteiger partial charge in [-0.1, -0.05) is 12.8 Å². The molecule has 1 saturated carbocycles. The number of carbonyl (C=O) groups excluding carboxylic acids is 1. The van der Waals surface area contributed by atoms with Crippen LogP contribution in [0.15, 0.2) is 35.1 Å². The van der Waals surface area contributed by atoms with Crippen molar-refractivity contribution in [3.05, 3.63) is 46.2 Å². The number of nitrogens with one attached hydrogen (secondary N) is 1. The van der Waals surface area contributed by atoms with Gasteiger partial charge in [0.25, 0.3) is 11.5 Å². The summed E-state index contributed by atoms with van der Waals surface area (Å²) in [6.07, 6.45) is 4.61. The van der Waals surface area contributed by atoms with Gasteiger partial charge in [0, 0.05) is 18.7 Å². The standard InChI is InChI=1S/C20H25N3O3/c1-3-21-19(24)17-12-18(15-8-10-16(26-2)11-9-15)22-23(20(17)25)13-14-6-4-5-7-14/h8-12,14H,3-7,13H2,1-2H3,(H,21,24). The molecule has 0 spiro atoms. The third-order valence-electron chi connectivity index (χ3n) is 4.85. The molecule has 1 aliphatic rings. The van der Waals surface area contributed by atoms with Crippen molar-refractivity contribution < 1.29 is 9.53 Å². The van der Waals surface area contributed by atoms with Gasteiger partial charge < -0.3 is 10.1 Å². The van der Waals surface area contributed by atoms with Crippen molar-refractivity contribution in [2.75, 3.05) is 13.7 Å². The molecular weight excluding hydrogens is 330 g/mol. The molecule has 0 radical (unpaired) electrons. The van der Waals surface area contributed by atoms with Gasteiger partial charge in [-0.15, -0.1) is 0 Å². The van der Waals surface area contributed by atoms with E-state index in [-0.39, 0.29) is 17.0 Å². The lowest BCUT2D eigenvalue weighted by atomic mass is 10.1. The van der Waals surface area contributed by atoms with Crippen molar-refractivity contribution >= 4 is 5.91 Å². The first-order valence-corrected chi connectivity index (χ1v) is 9.17. The molecule has 3 rings (SSSR count). The van der Waals surface area contributed by atoms with Crippen LogP contribution in [0.1, 0.15) is 43.0 Å². The van der Waals surface area contributed by atoms with E-state index in [1.807, 2.05) is 31.2 Å². The maximum atomic E-state index is 12.8. The van der Waals surface area contributed by atoms with Crippen molar-refractivity contribution in [2.24, 2.45) is 5.92 Å². The van der Waals surface area contributed by atoms with E-state index in [4.69, 9.17) is 4.74 Å². The molecule has 0 aliphatic heterocycles. The summed E-state index contributed by atoms with van der Waals surface area (Å²) in [5.74, 6) is 0.847. The molecule has 1 amide bonds. The highest BCUT2D eigenvalue weighted by molar-refractivity contribution is 5.94. The van der Waals surface area contributed by atoms with Crippen LogP contribution in [-0.2, 0) is 6.54 Å². The Kier molecular flexibility index (Phi) is 5.71. The van der Waals surface area contributed by atoms with Gasteiger partial charge in [0.1, 0.15) is 11.3 Å². The highest BCUT2D eigenvalue weighted by atomic mass is 16.5. The Hall–Kier alpha value is -2.63. The second-order valence-corrected chi connectivity index (χ2v) is 6.67. The molecule has 1 aliphatic carbocycles. The van der Waals surface area contributed by atoms with Crippen molar-refractivity contribution in [3.8, 4) is 17.0 Å². The van der Waals surface area contributed by atoms with E-state index in [1.54, 1.807) is 13.2 Å². The Morgan fingerprint density at radius 1 is 1.27 bits per heavy atom. The van der Waals surface area contributed by atoms with E-state index in [0.29, 0.717) is 24.7 Å². The first-order chi connectivity index (χ1) is 12.6. The Labute approximate surface area is 153 Å². The summed E-state index contributed by atoms with van der Waals surface area (Å²) < 4.78 is 6.66. The fourth-order valence-electron chi connectivity index (χ4n) is 3.42. The summed E-state index contributed by atoms with van der Waals surface area (Å²) in [4.78, 5) is 25.1. The number of ether oxygens (including phenoxy) is 1. The summed E-state index contributed by atoms with van der Waals surface area (Å²) in [5, 5.41) is 7.27. The van der Waals surface area contributed by atoms with E-state index in [1.165, 1.54) is 17.5 Å². The van der Waals surface area contributed by atoms with Crippen LogP contribution >= 0.6 is 0 Å². The molecule has 0 bridgehead atoms. The smallest absolute Gasteiger partial charge is 0.279 e. The molecule has 138 valence electrons. The number of hydrogen-bond donors (Lipinski definition) is 1. The van der Waals surface area contributed by atoms with Crippen molar-refractivity contribution in [1.82, 2.24) is 15.1 Å². The summed E-state index contributed by atoms with van der Waals surface area (Å²) in [5.41, 5.74) is 1.29. The summed E-state index contributed by atoms with van der Waals surface area (Å²) >= 11 is 0. The Bertz CT molecular complexity index is 821. The fraction of sp³-hybridized carbons (Fsp3) is 0.450. The Balaban J connectivity index is 2.02. The number of nitrogens with zero attached hydrogens (tertiary/aromatic N) is 2. The molecule has 0 atom stereocenters. The molecule has 0 saturated heterocycles. The predicted molar refractivity (Wildman–Crippen MR) is 100 cm³/mol. The molecule has 1 heterocycles. The number of carbonyl (C=O) groups is 1. The molecule has 0 unspecified atom stereocenters. The van der Waals surface area contributed by atoms with Gasteiger partial charge in [0.05, 0.1) is 12.8 Å². The van der Waals surface area contributed by atoms with Gasteiger partial charge in [-0.2, -0.15) is 5.10 Å². The van der Waals surface area contributed by atoms with Gasteiger partial charge in [0.2, 0.25) is 0 Å². The van der Waals surface area contributed by atoms with Crippen LogP contribution in [0.4, 0.5) is 0 Å². The minimum atomic E-state index is -0.352. The molecule has 1 N–H and O–H groups in total. The molecular formula is C20H25N3O3. The number of hydrogen-bond acceptors (Lipinski definition) is 4. The second-order valence-electron chi connectivity index (χ2n) is 6.67. The first kappa shape index (κ1) is 18.2. The van der Waals surface area contributed by atoms with Crippen LogP contribution < -0.4 is 15.6 Å². The van der Waals surface area contributed by atoms with E-state index < -0.39 is 0 Å². The lowest BCUT2D eigenvalue weighted by Gasteiger charge is -2.14. The largest absolute Gasteiger partial charge is 0.497 e. The quantitative estimate of drug-likeness (QED) is 0.865. The fourth-order valence-corrected chi connectivity index (χ4v) is 3.42. The zero-order chi connectivity index (χ0) is 18.5. The molecule has 26 heavy (non-hydrogen) atoms. The maximum Gasteiger partial charge on any atom is 0.279 e. The van der Waals surface area contributed by atoms with Gasteiger partial charge in [-0.25, -0.2) is 4.68 Å². The average molecular weight is 355 g/mol. The molecule has 1 aromatic carbocycles. The van der Waals surface area contributed by atoms with E-state index in [2.05, 4.69) is 10.4 Å². The van der Waals surface area contributed by atoms with Crippen LogP contribution in [0.5, 0.6) is 5.75 Å². The highest BCUT2D eigenvalue weighted by Gasteiger charge is 2.20. The minimum absolute atomic E-state index is 0.144. The first-order valence-electron chi connectivity index (χ1n) is 9.17. The van der Waals surface area contributed by atoms with E-state index >= 15 is 0 Å². The van der Waals surface area contributed by atoms with Crippen LogP contribution in [0, 0.1) is 5.92 Å².